The van der Waals surface area contributed by atoms with Crippen molar-refractivity contribution in [2.45, 2.75) is 25.9 Å². The van der Waals surface area contributed by atoms with Gasteiger partial charge >= 0.3 is 6.18 Å². The van der Waals surface area contributed by atoms with Crippen molar-refractivity contribution in [3.8, 4) is 5.75 Å². The maximum absolute atomic E-state index is 12.6. The number of hydrogen-bond acceptors (Lipinski definition) is 3. The lowest BCUT2D eigenvalue weighted by molar-refractivity contribution is -0.137. The number of carbonyl (C=O) groups excluding carboxylic acids is 1. The van der Waals surface area contributed by atoms with E-state index < -0.39 is 17.4 Å². The van der Waals surface area contributed by atoms with Crippen LogP contribution in [0.25, 0.3) is 0 Å². The number of hydrogen-bond donors (Lipinski definition) is 1. The lowest BCUT2D eigenvalue weighted by atomic mass is 10.0. The van der Waals surface area contributed by atoms with Crippen molar-refractivity contribution in [2.24, 2.45) is 5.92 Å². The van der Waals surface area contributed by atoms with Gasteiger partial charge in [-0.25, -0.2) is 0 Å². The van der Waals surface area contributed by atoms with Crippen LogP contribution in [-0.4, -0.2) is 30.5 Å². The van der Waals surface area contributed by atoms with Crippen molar-refractivity contribution in [3.05, 3.63) is 23.8 Å². The summed E-state index contributed by atoms with van der Waals surface area (Å²) < 4.78 is 43.0. The van der Waals surface area contributed by atoms with Gasteiger partial charge in [-0.05, 0) is 30.9 Å². The number of rotatable bonds is 3. The number of anilines is 1. The minimum Gasteiger partial charge on any atom is -0.484 e. The first kappa shape index (κ1) is 16.5. The summed E-state index contributed by atoms with van der Waals surface area (Å²) in [6.45, 7) is 3.27. The Kier molecular flexibility index (Phi) is 4.83. The Hall–Kier alpha value is -1.92. The number of nitrogens with zero attached hydrogens (tertiary/aromatic N) is 1. The van der Waals surface area contributed by atoms with Crippen LogP contribution in [0.15, 0.2) is 18.2 Å². The Morgan fingerprint density at radius 2 is 2.18 bits per heavy atom. The highest BCUT2D eigenvalue weighted by atomic mass is 19.4. The molecule has 1 aliphatic rings. The summed E-state index contributed by atoms with van der Waals surface area (Å²) >= 11 is 0. The van der Waals surface area contributed by atoms with Crippen LogP contribution < -0.4 is 10.5 Å². The van der Waals surface area contributed by atoms with Gasteiger partial charge in [0, 0.05) is 24.8 Å². The first-order valence-electron chi connectivity index (χ1n) is 7.14. The molecule has 22 heavy (non-hydrogen) atoms. The van der Waals surface area contributed by atoms with E-state index >= 15 is 0 Å². The lowest BCUT2D eigenvalue weighted by Gasteiger charge is -2.30. The van der Waals surface area contributed by atoms with E-state index in [9.17, 15) is 18.0 Å². The molecule has 2 rings (SSSR count). The van der Waals surface area contributed by atoms with Crippen LogP contribution in [-0.2, 0) is 11.0 Å². The van der Waals surface area contributed by atoms with Gasteiger partial charge in [0.15, 0.2) is 6.61 Å². The second-order valence-electron chi connectivity index (χ2n) is 5.62. The van der Waals surface area contributed by atoms with E-state index in [2.05, 4.69) is 6.92 Å². The minimum atomic E-state index is -4.50. The van der Waals surface area contributed by atoms with Gasteiger partial charge in [0.1, 0.15) is 5.75 Å². The molecule has 4 nitrogen and oxygen atoms in total. The molecule has 0 radical (unpaired) electrons. The van der Waals surface area contributed by atoms with Crippen molar-refractivity contribution in [1.82, 2.24) is 4.90 Å². The van der Waals surface area contributed by atoms with Crippen LogP contribution in [0.5, 0.6) is 5.75 Å². The van der Waals surface area contributed by atoms with Crippen LogP contribution in [0.2, 0.25) is 0 Å². The first-order valence-corrected chi connectivity index (χ1v) is 7.14. The molecule has 1 atom stereocenters. The quantitative estimate of drug-likeness (QED) is 0.872. The summed E-state index contributed by atoms with van der Waals surface area (Å²) in [6.07, 6.45) is -2.44. The molecule has 2 N–H and O–H groups in total. The van der Waals surface area contributed by atoms with Crippen LogP contribution in [0.4, 0.5) is 18.9 Å². The van der Waals surface area contributed by atoms with E-state index in [-0.39, 0.29) is 18.3 Å². The normalized spacial score (nSPS) is 19.1. The third-order valence-corrected chi connectivity index (χ3v) is 3.70. The largest absolute Gasteiger partial charge is 0.484 e. The fraction of sp³-hybridized carbons (Fsp3) is 0.533. The number of nitrogen functional groups attached to an aromatic ring is 1. The van der Waals surface area contributed by atoms with Gasteiger partial charge in [0.05, 0.1) is 5.56 Å². The summed E-state index contributed by atoms with van der Waals surface area (Å²) in [7, 11) is 0. The average Bonchev–Trinajstić information content (AvgIpc) is 2.43. The number of alkyl halides is 3. The van der Waals surface area contributed by atoms with Gasteiger partial charge in [-0.15, -0.1) is 0 Å². The smallest absolute Gasteiger partial charge is 0.418 e. The summed E-state index contributed by atoms with van der Waals surface area (Å²) in [6, 6.07) is 3.12. The van der Waals surface area contributed by atoms with Gasteiger partial charge in [0.25, 0.3) is 5.91 Å². The molecule has 0 saturated carbocycles. The molecule has 0 aromatic heterocycles. The second kappa shape index (κ2) is 6.46. The molecule has 0 bridgehead atoms. The predicted molar refractivity (Wildman–Crippen MR) is 76.3 cm³/mol. The van der Waals surface area contributed by atoms with Crippen molar-refractivity contribution in [3.63, 3.8) is 0 Å². The third-order valence-electron chi connectivity index (χ3n) is 3.70. The molecular formula is C15H19F3N2O2. The van der Waals surface area contributed by atoms with Crippen molar-refractivity contribution in [2.75, 3.05) is 25.4 Å². The summed E-state index contributed by atoms with van der Waals surface area (Å²) in [4.78, 5) is 13.7. The molecule has 1 aromatic rings. The zero-order valence-corrected chi connectivity index (χ0v) is 12.3. The number of nitrogens with two attached hydrogens (primary N) is 1. The molecule has 0 spiro atoms. The lowest BCUT2D eigenvalue weighted by Crippen LogP contribution is -2.41. The van der Waals surface area contributed by atoms with Gasteiger partial charge in [-0.2, -0.15) is 13.2 Å². The van der Waals surface area contributed by atoms with Gasteiger partial charge in [0.2, 0.25) is 0 Å². The Morgan fingerprint density at radius 1 is 1.45 bits per heavy atom. The van der Waals surface area contributed by atoms with Crippen LogP contribution in [0, 0.1) is 5.92 Å². The third kappa shape index (κ3) is 4.05. The number of halogens is 3. The van der Waals surface area contributed by atoms with Crippen molar-refractivity contribution >= 4 is 11.6 Å². The van der Waals surface area contributed by atoms with Gasteiger partial charge in [-0.3, -0.25) is 4.79 Å². The van der Waals surface area contributed by atoms with E-state index in [1.165, 1.54) is 6.07 Å². The SMILES string of the molecule is CC1CCCN(C(=O)COc2ccc(C(F)(F)F)c(N)c2)C1. The molecule has 1 heterocycles. The van der Waals surface area contributed by atoms with Gasteiger partial charge in [-0.1, -0.05) is 6.92 Å². The number of amides is 1. The molecule has 122 valence electrons. The molecule has 1 aliphatic heterocycles. The number of likely N-dealkylation sites (tertiary alicyclic amines) is 1. The Morgan fingerprint density at radius 3 is 2.77 bits per heavy atom. The topological polar surface area (TPSA) is 55.6 Å². The van der Waals surface area contributed by atoms with Crippen LogP contribution >= 0.6 is 0 Å². The highest BCUT2D eigenvalue weighted by molar-refractivity contribution is 5.78. The molecule has 1 fully saturated rings. The second-order valence-corrected chi connectivity index (χ2v) is 5.62. The molecule has 1 amide bonds. The predicted octanol–water partition coefficient (Wildman–Crippen LogP) is 2.92. The van der Waals surface area contributed by atoms with E-state index in [0.717, 1.165) is 25.0 Å². The minimum absolute atomic E-state index is 0.156. The highest BCUT2D eigenvalue weighted by Gasteiger charge is 2.33. The van der Waals surface area contributed by atoms with Crippen molar-refractivity contribution in [1.29, 1.82) is 0 Å². The average molecular weight is 316 g/mol. The molecule has 0 aliphatic carbocycles. The maximum Gasteiger partial charge on any atom is 0.418 e. The van der Waals surface area contributed by atoms with Crippen LogP contribution in [0.1, 0.15) is 25.3 Å². The summed E-state index contributed by atoms with van der Waals surface area (Å²) in [5, 5.41) is 0. The Balaban J connectivity index is 1.94. The highest BCUT2D eigenvalue weighted by Crippen LogP contribution is 2.35. The number of carbonyl (C=O) groups is 1. The number of benzene rings is 1. The molecule has 1 aromatic carbocycles. The number of ether oxygens (including phenoxy) is 1. The molecule has 1 saturated heterocycles. The molecule has 1 unspecified atom stereocenters. The van der Waals surface area contributed by atoms with E-state index in [4.69, 9.17) is 10.5 Å². The van der Waals surface area contributed by atoms with Gasteiger partial charge < -0.3 is 15.4 Å². The monoisotopic (exact) mass is 316 g/mol. The standard InChI is InChI=1S/C15H19F3N2O2/c1-10-3-2-6-20(8-10)14(21)9-22-11-4-5-12(13(19)7-11)15(16,17)18/h4-5,7,10H,2-3,6,8-9,19H2,1H3. The Bertz CT molecular complexity index is 546. The zero-order chi connectivity index (χ0) is 16.3. The fourth-order valence-electron chi connectivity index (χ4n) is 2.54. The van der Waals surface area contributed by atoms with E-state index in [1.807, 2.05) is 0 Å². The fourth-order valence-corrected chi connectivity index (χ4v) is 2.54. The summed E-state index contributed by atoms with van der Waals surface area (Å²) in [5.74, 6) is 0.452. The van der Waals surface area contributed by atoms with E-state index in [0.29, 0.717) is 19.0 Å². The number of piperidine rings is 1. The molecule has 7 heteroatoms. The van der Waals surface area contributed by atoms with Crippen LogP contribution in [0.3, 0.4) is 0 Å². The van der Waals surface area contributed by atoms with E-state index in [1.54, 1.807) is 4.90 Å². The zero-order valence-electron chi connectivity index (χ0n) is 12.3. The first-order chi connectivity index (χ1) is 10.3. The molecular weight excluding hydrogens is 297 g/mol. The Labute approximate surface area is 127 Å². The van der Waals surface area contributed by atoms with Crippen molar-refractivity contribution < 1.29 is 22.7 Å². The maximum atomic E-state index is 12.6. The summed E-state index contributed by atoms with van der Waals surface area (Å²) in [5.41, 5.74) is 4.06.